The van der Waals surface area contributed by atoms with Crippen molar-refractivity contribution in [3.8, 4) is 0 Å². The lowest BCUT2D eigenvalue weighted by Crippen LogP contribution is -2.08. The van der Waals surface area contributed by atoms with Crippen LogP contribution >= 0.6 is 15.9 Å². The number of aromatic nitrogens is 2. The zero-order chi connectivity index (χ0) is 12.0. The first-order chi connectivity index (χ1) is 7.43. The molecule has 0 aliphatic carbocycles. The summed E-state index contributed by atoms with van der Waals surface area (Å²) in [6, 6.07) is 1.79. The summed E-state index contributed by atoms with van der Waals surface area (Å²) in [6.07, 6.45) is 0. The van der Waals surface area contributed by atoms with Gasteiger partial charge in [0, 0.05) is 15.9 Å². The number of carboxylic acid groups (broad SMARTS) is 1. The summed E-state index contributed by atoms with van der Waals surface area (Å²) in [7, 11) is 0. The number of halogens is 1. The molecular weight excluding hydrogens is 272 g/mol. The molecule has 2 rings (SSSR count). The van der Waals surface area contributed by atoms with Crippen molar-refractivity contribution in [1.29, 1.82) is 0 Å². The first kappa shape index (κ1) is 11.1. The fourth-order valence-corrected chi connectivity index (χ4v) is 2.20. The Labute approximate surface area is 101 Å². The van der Waals surface area contributed by atoms with E-state index in [1.807, 2.05) is 25.2 Å². The van der Waals surface area contributed by atoms with E-state index in [1.54, 1.807) is 6.07 Å². The zero-order valence-corrected chi connectivity index (χ0v) is 10.8. The van der Waals surface area contributed by atoms with Crippen LogP contribution in [0.3, 0.4) is 0 Å². The highest BCUT2D eigenvalue weighted by molar-refractivity contribution is 9.10. The normalized spacial score (nSPS) is 11.0. The molecule has 0 fully saturated rings. The number of fused-ring (bicyclic) bond motifs is 1. The first-order valence-corrected chi connectivity index (χ1v) is 5.61. The number of rotatable bonds is 1. The van der Waals surface area contributed by atoms with Crippen LogP contribution in [0.2, 0.25) is 0 Å². The Bertz CT molecular complexity index is 602. The number of carboxylic acids is 1. The van der Waals surface area contributed by atoms with E-state index in [0.29, 0.717) is 5.52 Å². The molecule has 2 aromatic heterocycles. The van der Waals surface area contributed by atoms with Gasteiger partial charge < -0.3 is 9.51 Å². The molecule has 0 aliphatic rings. The fraction of sp³-hybridized carbons (Fsp3) is 0.273. The molecular formula is C11H11BrN2O2. The Morgan fingerprint density at radius 3 is 2.56 bits per heavy atom. The third kappa shape index (κ3) is 1.43. The van der Waals surface area contributed by atoms with E-state index in [1.165, 1.54) is 0 Å². The fourth-order valence-electron chi connectivity index (χ4n) is 1.81. The van der Waals surface area contributed by atoms with Gasteiger partial charge in [0.05, 0.1) is 11.2 Å². The van der Waals surface area contributed by atoms with Gasteiger partial charge in [0.15, 0.2) is 5.69 Å². The second kappa shape index (κ2) is 3.59. The second-order valence-electron chi connectivity index (χ2n) is 3.73. The maximum atomic E-state index is 11.1. The van der Waals surface area contributed by atoms with Crippen LogP contribution in [-0.4, -0.2) is 20.5 Å². The Balaban J connectivity index is 3.01. The molecule has 0 spiro atoms. The summed E-state index contributed by atoms with van der Waals surface area (Å²) >= 11 is 3.41. The molecule has 0 amide bonds. The van der Waals surface area contributed by atoms with Gasteiger partial charge in [0.2, 0.25) is 0 Å². The third-order valence-corrected chi connectivity index (χ3v) is 3.57. The molecule has 2 aromatic rings. The largest absolute Gasteiger partial charge is 0.476 e. The highest BCUT2D eigenvalue weighted by Gasteiger charge is 2.17. The van der Waals surface area contributed by atoms with Gasteiger partial charge in [-0.15, -0.1) is 0 Å². The van der Waals surface area contributed by atoms with Crippen molar-refractivity contribution in [2.45, 2.75) is 20.8 Å². The Hall–Kier alpha value is -1.36. The summed E-state index contributed by atoms with van der Waals surface area (Å²) in [5.74, 6) is -1.00. The van der Waals surface area contributed by atoms with Crippen LogP contribution in [0.25, 0.3) is 5.52 Å². The number of aryl methyl sites for hydroxylation is 3. The zero-order valence-electron chi connectivity index (χ0n) is 9.21. The van der Waals surface area contributed by atoms with Crippen LogP contribution < -0.4 is 0 Å². The smallest absolute Gasteiger partial charge is 0.356 e. The van der Waals surface area contributed by atoms with Crippen LogP contribution in [0.15, 0.2) is 10.5 Å². The second-order valence-corrected chi connectivity index (χ2v) is 4.59. The van der Waals surface area contributed by atoms with E-state index in [4.69, 9.17) is 5.11 Å². The lowest BCUT2D eigenvalue weighted by atomic mass is 10.3. The van der Waals surface area contributed by atoms with Crippen molar-refractivity contribution in [3.05, 3.63) is 33.3 Å². The Morgan fingerprint density at radius 2 is 2.00 bits per heavy atom. The molecule has 0 unspecified atom stereocenters. The molecule has 5 heteroatoms. The maximum Gasteiger partial charge on any atom is 0.356 e. The molecule has 0 aromatic carbocycles. The van der Waals surface area contributed by atoms with E-state index in [0.717, 1.165) is 21.6 Å². The van der Waals surface area contributed by atoms with Gasteiger partial charge in [-0.3, -0.25) is 0 Å². The number of hydrogen-bond acceptors (Lipinski definition) is 2. The average molecular weight is 283 g/mol. The summed E-state index contributed by atoms with van der Waals surface area (Å²) in [5.41, 5.74) is 3.40. The molecule has 84 valence electrons. The molecule has 4 nitrogen and oxygen atoms in total. The van der Waals surface area contributed by atoms with Gasteiger partial charge in [-0.2, -0.15) is 0 Å². The van der Waals surface area contributed by atoms with E-state index in [-0.39, 0.29) is 5.69 Å². The number of nitrogens with zero attached hydrogens (tertiary/aromatic N) is 2. The predicted octanol–water partition coefficient (Wildman–Crippen LogP) is 2.72. The van der Waals surface area contributed by atoms with Crippen LogP contribution in [0.1, 0.15) is 27.6 Å². The molecule has 0 bridgehead atoms. The van der Waals surface area contributed by atoms with Crippen LogP contribution in [-0.2, 0) is 0 Å². The number of carbonyl (C=O) groups is 1. The standard InChI is InChI=1S/C11H11BrN2O2/c1-5-6(2)14-7(3)8(12)4-9(14)10(13-5)11(15)16/h4H,1-3H3,(H,15,16). The van der Waals surface area contributed by atoms with Crippen molar-refractivity contribution in [1.82, 2.24) is 9.38 Å². The van der Waals surface area contributed by atoms with Crippen LogP contribution in [0.4, 0.5) is 0 Å². The van der Waals surface area contributed by atoms with Crippen LogP contribution in [0.5, 0.6) is 0 Å². The topological polar surface area (TPSA) is 54.6 Å². The van der Waals surface area contributed by atoms with Crippen molar-refractivity contribution in [2.24, 2.45) is 0 Å². The van der Waals surface area contributed by atoms with Gasteiger partial charge in [0.1, 0.15) is 0 Å². The minimum Gasteiger partial charge on any atom is -0.476 e. The van der Waals surface area contributed by atoms with E-state index in [2.05, 4.69) is 20.9 Å². The highest BCUT2D eigenvalue weighted by atomic mass is 79.9. The lowest BCUT2D eigenvalue weighted by molar-refractivity contribution is 0.0692. The van der Waals surface area contributed by atoms with Crippen LogP contribution in [0, 0.1) is 20.8 Å². The van der Waals surface area contributed by atoms with Gasteiger partial charge in [0.25, 0.3) is 0 Å². The van der Waals surface area contributed by atoms with Crippen molar-refractivity contribution >= 4 is 27.4 Å². The number of aromatic carboxylic acids is 1. The van der Waals surface area contributed by atoms with E-state index in [9.17, 15) is 4.79 Å². The highest BCUT2D eigenvalue weighted by Crippen LogP contribution is 2.25. The van der Waals surface area contributed by atoms with Gasteiger partial charge >= 0.3 is 5.97 Å². The molecule has 0 saturated heterocycles. The first-order valence-electron chi connectivity index (χ1n) is 4.81. The summed E-state index contributed by atoms with van der Waals surface area (Å²) in [6.45, 7) is 5.68. The maximum absolute atomic E-state index is 11.1. The van der Waals surface area contributed by atoms with Crippen molar-refractivity contribution in [3.63, 3.8) is 0 Å². The summed E-state index contributed by atoms with van der Waals surface area (Å²) < 4.78 is 2.81. The minimum atomic E-state index is -1.00. The SMILES string of the molecule is Cc1nc(C(=O)O)c2cc(Br)c(C)n2c1C. The molecule has 16 heavy (non-hydrogen) atoms. The molecule has 0 aliphatic heterocycles. The van der Waals surface area contributed by atoms with Gasteiger partial charge in [-0.05, 0) is 42.8 Å². The van der Waals surface area contributed by atoms with Gasteiger partial charge in [-0.25, -0.2) is 9.78 Å². The lowest BCUT2D eigenvalue weighted by Gasteiger charge is -2.08. The Morgan fingerprint density at radius 1 is 1.38 bits per heavy atom. The van der Waals surface area contributed by atoms with Crippen molar-refractivity contribution < 1.29 is 9.90 Å². The molecule has 2 heterocycles. The molecule has 0 saturated carbocycles. The van der Waals surface area contributed by atoms with Crippen molar-refractivity contribution in [2.75, 3.05) is 0 Å². The Kier molecular flexibility index (Phi) is 2.50. The molecule has 1 N–H and O–H groups in total. The average Bonchev–Trinajstić information content (AvgIpc) is 2.49. The summed E-state index contributed by atoms with van der Waals surface area (Å²) in [5, 5.41) is 9.11. The minimum absolute atomic E-state index is 0.0944. The third-order valence-electron chi connectivity index (χ3n) is 2.77. The molecule has 0 radical (unpaired) electrons. The van der Waals surface area contributed by atoms with Gasteiger partial charge in [-0.1, -0.05) is 0 Å². The van der Waals surface area contributed by atoms with E-state index >= 15 is 0 Å². The molecule has 0 atom stereocenters. The van der Waals surface area contributed by atoms with E-state index < -0.39 is 5.97 Å². The summed E-state index contributed by atoms with van der Waals surface area (Å²) in [4.78, 5) is 15.2. The predicted molar refractivity (Wildman–Crippen MR) is 64.1 cm³/mol. The monoisotopic (exact) mass is 282 g/mol. The quantitative estimate of drug-likeness (QED) is 0.875. The number of hydrogen-bond donors (Lipinski definition) is 1.